The lowest BCUT2D eigenvalue weighted by molar-refractivity contribution is -0.123. The molecule has 0 atom stereocenters. The molecule has 1 amide bonds. The predicted octanol–water partition coefficient (Wildman–Crippen LogP) is 1.25. The largest absolute Gasteiger partial charge is 0.484 e. The molecule has 0 spiro atoms. The van der Waals surface area contributed by atoms with E-state index in [9.17, 15) is 14.4 Å². The number of hydrogen-bond acceptors (Lipinski definition) is 7. The number of amides is 1. The third-order valence-corrected chi connectivity index (χ3v) is 4.67. The summed E-state index contributed by atoms with van der Waals surface area (Å²) in [6.07, 6.45) is 2.84. The minimum atomic E-state index is -0.347. The highest BCUT2D eigenvalue weighted by Gasteiger charge is 2.09. The summed E-state index contributed by atoms with van der Waals surface area (Å²) in [6.45, 7) is 0.178. The van der Waals surface area contributed by atoms with E-state index < -0.39 is 0 Å². The molecule has 1 N–H and O–H groups in total. The number of rotatable bonds is 9. The topological polar surface area (TPSA) is 121 Å². The summed E-state index contributed by atoms with van der Waals surface area (Å²) < 4.78 is 8.15. The molecule has 0 saturated heterocycles. The van der Waals surface area contributed by atoms with E-state index in [1.54, 1.807) is 42.5 Å². The Morgan fingerprint density at radius 3 is 2.42 bits per heavy atom. The molecule has 4 aromatic rings. The maximum atomic E-state index is 12.4. The third kappa shape index (κ3) is 5.56. The van der Waals surface area contributed by atoms with Gasteiger partial charge in [0.2, 0.25) is 0 Å². The maximum absolute atomic E-state index is 12.4. The van der Waals surface area contributed by atoms with E-state index in [2.05, 4.69) is 20.5 Å². The molecule has 166 valence electrons. The van der Waals surface area contributed by atoms with Crippen LogP contribution in [-0.4, -0.2) is 49.4 Å². The molecule has 0 aliphatic heterocycles. The van der Waals surface area contributed by atoms with Crippen LogP contribution in [-0.2, 0) is 11.3 Å². The molecule has 10 heteroatoms. The zero-order chi connectivity index (χ0) is 23.0. The second kappa shape index (κ2) is 10.1. The van der Waals surface area contributed by atoms with Crippen LogP contribution in [0.15, 0.2) is 84.2 Å². The summed E-state index contributed by atoms with van der Waals surface area (Å²) in [5, 5.41) is 10.9. The molecule has 0 saturated carbocycles. The molecule has 0 aliphatic rings. The highest BCUT2D eigenvalue weighted by molar-refractivity contribution is 6.08. The molecular formula is C23H20N6O4. The Hall–Kier alpha value is -4.60. The van der Waals surface area contributed by atoms with Crippen LogP contribution in [0.1, 0.15) is 15.9 Å². The lowest BCUT2D eigenvalue weighted by Crippen LogP contribution is -2.34. The fraction of sp³-hybridized carbons (Fsp3) is 0.130. The number of nitrogens with one attached hydrogen (secondary N) is 1. The summed E-state index contributed by atoms with van der Waals surface area (Å²) in [5.74, 6) is 0.473. The van der Waals surface area contributed by atoms with Gasteiger partial charge in [0.25, 0.3) is 11.5 Å². The second-order valence-corrected chi connectivity index (χ2v) is 6.95. The molecule has 33 heavy (non-hydrogen) atoms. The molecule has 2 aromatic heterocycles. The Balaban J connectivity index is 1.25. The van der Waals surface area contributed by atoms with Gasteiger partial charge in [-0.15, -0.1) is 5.10 Å². The Morgan fingerprint density at radius 2 is 1.70 bits per heavy atom. The van der Waals surface area contributed by atoms with Crippen LogP contribution in [0, 0.1) is 0 Å². The molecule has 0 fully saturated rings. The van der Waals surface area contributed by atoms with Crippen molar-refractivity contribution in [3.8, 4) is 11.6 Å². The summed E-state index contributed by atoms with van der Waals surface area (Å²) >= 11 is 0. The van der Waals surface area contributed by atoms with Gasteiger partial charge in [0.1, 0.15) is 18.4 Å². The first-order chi connectivity index (χ1) is 16.1. The van der Waals surface area contributed by atoms with Crippen molar-refractivity contribution in [1.29, 1.82) is 0 Å². The van der Waals surface area contributed by atoms with Crippen LogP contribution in [0.3, 0.4) is 0 Å². The SMILES string of the molecule is O=C(COc1ccc(C(=O)c2ccccc2)cc1)NCCn1nc(-n2cncn2)ccc1=O. The number of nitrogens with zero attached hydrogens (tertiary/aromatic N) is 5. The van der Waals surface area contributed by atoms with E-state index in [4.69, 9.17) is 4.74 Å². The number of benzene rings is 2. The molecule has 0 radical (unpaired) electrons. The third-order valence-electron chi connectivity index (χ3n) is 4.67. The normalized spacial score (nSPS) is 10.5. The molecular weight excluding hydrogens is 424 g/mol. The van der Waals surface area contributed by atoms with E-state index in [1.165, 1.54) is 28.1 Å². The first-order valence-corrected chi connectivity index (χ1v) is 10.1. The van der Waals surface area contributed by atoms with Gasteiger partial charge in [-0.1, -0.05) is 30.3 Å². The highest BCUT2D eigenvalue weighted by atomic mass is 16.5. The minimum Gasteiger partial charge on any atom is -0.484 e. The van der Waals surface area contributed by atoms with E-state index in [0.717, 1.165) is 0 Å². The molecule has 4 rings (SSSR count). The van der Waals surface area contributed by atoms with Crippen molar-refractivity contribution < 1.29 is 14.3 Å². The highest BCUT2D eigenvalue weighted by Crippen LogP contribution is 2.15. The van der Waals surface area contributed by atoms with E-state index >= 15 is 0 Å². The zero-order valence-electron chi connectivity index (χ0n) is 17.5. The summed E-state index contributed by atoms with van der Waals surface area (Å²) in [7, 11) is 0. The van der Waals surface area contributed by atoms with Crippen molar-refractivity contribution >= 4 is 11.7 Å². The molecule has 2 aromatic carbocycles. The van der Waals surface area contributed by atoms with Gasteiger partial charge in [0.15, 0.2) is 18.2 Å². The predicted molar refractivity (Wildman–Crippen MR) is 118 cm³/mol. The molecule has 0 unspecified atom stereocenters. The summed E-state index contributed by atoms with van der Waals surface area (Å²) in [5.41, 5.74) is 0.838. The Bertz CT molecular complexity index is 1280. The quantitative estimate of drug-likeness (QED) is 0.386. The Kier molecular flexibility index (Phi) is 6.64. The van der Waals surface area contributed by atoms with Gasteiger partial charge in [0.05, 0.1) is 6.54 Å². The van der Waals surface area contributed by atoms with Crippen molar-refractivity contribution in [2.75, 3.05) is 13.2 Å². The average molecular weight is 444 g/mol. The summed E-state index contributed by atoms with van der Waals surface area (Å²) in [4.78, 5) is 40.3. The van der Waals surface area contributed by atoms with Crippen LogP contribution >= 0.6 is 0 Å². The van der Waals surface area contributed by atoms with Crippen LogP contribution in [0.5, 0.6) is 5.75 Å². The van der Waals surface area contributed by atoms with Crippen molar-refractivity contribution in [3.63, 3.8) is 0 Å². The van der Waals surface area contributed by atoms with Gasteiger partial charge in [0, 0.05) is 23.7 Å². The van der Waals surface area contributed by atoms with Gasteiger partial charge >= 0.3 is 0 Å². The Labute approximate surface area is 188 Å². The minimum absolute atomic E-state index is 0.0864. The fourth-order valence-corrected chi connectivity index (χ4v) is 3.01. The van der Waals surface area contributed by atoms with Gasteiger partial charge in [-0.25, -0.2) is 14.3 Å². The molecule has 2 heterocycles. The van der Waals surface area contributed by atoms with Crippen LogP contribution in [0.25, 0.3) is 5.82 Å². The lowest BCUT2D eigenvalue weighted by Gasteiger charge is -2.09. The van der Waals surface area contributed by atoms with E-state index in [1.807, 2.05) is 18.2 Å². The summed E-state index contributed by atoms with van der Waals surface area (Å²) in [6, 6.07) is 18.5. The van der Waals surface area contributed by atoms with Crippen molar-refractivity contribution in [2.45, 2.75) is 6.54 Å². The Morgan fingerprint density at radius 1 is 0.939 bits per heavy atom. The van der Waals surface area contributed by atoms with Gasteiger partial charge in [-0.05, 0) is 30.3 Å². The van der Waals surface area contributed by atoms with Gasteiger partial charge in [-0.2, -0.15) is 5.10 Å². The first-order valence-electron chi connectivity index (χ1n) is 10.1. The number of ketones is 1. The van der Waals surface area contributed by atoms with Crippen molar-refractivity contribution in [1.82, 2.24) is 29.9 Å². The molecule has 0 aliphatic carbocycles. The van der Waals surface area contributed by atoms with Crippen LogP contribution in [0.4, 0.5) is 0 Å². The monoisotopic (exact) mass is 444 g/mol. The molecule has 10 nitrogen and oxygen atoms in total. The van der Waals surface area contributed by atoms with E-state index in [0.29, 0.717) is 22.7 Å². The van der Waals surface area contributed by atoms with Crippen LogP contribution in [0.2, 0.25) is 0 Å². The number of hydrogen-bond donors (Lipinski definition) is 1. The maximum Gasteiger partial charge on any atom is 0.266 e. The van der Waals surface area contributed by atoms with Gasteiger partial charge < -0.3 is 10.1 Å². The zero-order valence-corrected chi connectivity index (χ0v) is 17.5. The number of ether oxygens (including phenoxy) is 1. The van der Waals surface area contributed by atoms with Gasteiger partial charge in [-0.3, -0.25) is 14.4 Å². The molecule has 0 bridgehead atoms. The lowest BCUT2D eigenvalue weighted by atomic mass is 10.0. The second-order valence-electron chi connectivity index (χ2n) is 6.95. The van der Waals surface area contributed by atoms with E-state index in [-0.39, 0.29) is 36.9 Å². The first kappa shape index (κ1) is 21.6. The number of carbonyl (C=O) groups is 2. The average Bonchev–Trinajstić information content (AvgIpc) is 3.39. The van der Waals surface area contributed by atoms with Crippen molar-refractivity contribution in [2.24, 2.45) is 0 Å². The fourth-order valence-electron chi connectivity index (χ4n) is 3.01. The standard InChI is InChI=1S/C23H20N6O4/c30-21(25-12-13-28-22(31)11-10-20(27-28)29-16-24-15-26-29)14-33-19-8-6-18(7-9-19)23(32)17-4-2-1-3-5-17/h1-11,15-16H,12-14H2,(H,25,30). The number of aromatic nitrogens is 5. The smallest absolute Gasteiger partial charge is 0.266 e. The number of carbonyl (C=O) groups excluding carboxylic acids is 2. The van der Waals surface area contributed by atoms with Crippen LogP contribution < -0.4 is 15.6 Å². The van der Waals surface area contributed by atoms with Crippen molar-refractivity contribution in [3.05, 3.63) is 101 Å².